The highest BCUT2D eigenvalue weighted by Crippen LogP contribution is 2.27. The van der Waals surface area contributed by atoms with Crippen molar-refractivity contribution in [3.05, 3.63) is 23.5 Å². The SMILES string of the molecule is CC(=O)NC(C)(C)c1noc(-c2cnc(C)nc2C(C)C)n1. The molecule has 2 heterocycles. The van der Waals surface area contributed by atoms with Gasteiger partial charge in [-0.1, -0.05) is 19.0 Å². The molecule has 0 atom stereocenters. The van der Waals surface area contributed by atoms with E-state index >= 15 is 0 Å². The molecule has 0 aromatic carbocycles. The average molecular weight is 303 g/mol. The monoisotopic (exact) mass is 303 g/mol. The number of aromatic nitrogens is 4. The molecule has 7 nitrogen and oxygen atoms in total. The molecule has 0 saturated heterocycles. The van der Waals surface area contributed by atoms with Crippen LogP contribution in [0.5, 0.6) is 0 Å². The van der Waals surface area contributed by atoms with Gasteiger partial charge in [0.25, 0.3) is 5.89 Å². The van der Waals surface area contributed by atoms with Gasteiger partial charge in [-0.15, -0.1) is 0 Å². The number of carbonyl (C=O) groups is 1. The van der Waals surface area contributed by atoms with Crippen molar-refractivity contribution < 1.29 is 9.32 Å². The van der Waals surface area contributed by atoms with Crippen molar-refractivity contribution in [1.29, 1.82) is 0 Å². The van der Waals surface area contributed by atoms with E-state index in [1.54, 1.807) is 6.20 Å². The van der Waals surface area contributed by atoms with Crippen LogP contribution in [-0.4, -0.2) is 26.0 Å². The predicted octanol–water partition coefficient (Wildman–Crippen LogP) is 2.33. The maximum Gasteiger partial charge on any atom is 0.261 e. The highest BCUT2D eigenvalue weighted by Gasteiger charge is 2.28. The van der Waals surface area contributed by atoms with E-state index in [-0.39, 0.29) is 11.8 Å². The molecule has 2 aromatic heterocycles. The molecule has 0 spiro atoms. The van der Waals surface area contributed by atoms with Crippen LogP contribution < -0.4 is 5.32 Å². The lowest BCUT2D eigenvalue weighted by atomic mass is 10.0. The fourth-order valence-electron chi connectivity index (χ4n) is 2.18. The summed E-state index contributed by atoms with van der Waals surface area (Å²) in [5.41, 5.74) is 0.870. The summed E-state index contributed by atoms with van der Waals surface area (Å²) >= 11 is 0. The summed E-state index contributed by atoms with van der Waals surface area (Å²) in [6.07, 6.45) is 1.69. The highest BCUT2D eigenvalue weighted by atomic mass is 16.5. The van der Waals surface area contributed by atoms with Crippen LogP contribution in [-0.2, 0) is 10.3 Å². The Balaban J connectivity index is 2.42. The quantitative estimate of drug-likeness (QED) is 0.931. The third-order valence-corrected chi connectivity index (χ3v) is 3.19. The molecule has 22 heavy (non-hydrogen) atoms. The first-order valence-electron chi connectivity index (χ1n) is 7.17. The summed E-state index contributed by atoms with van der Waals surface area (Å²) in [6.45, 7) is 11.0. The average Bonchev–Trinajstić information content (AvgIpc) is 2.87. The number of nitrogens with one attached hydrogen (secondary N) is 1. The Morgan fingerprint density at radius 1 is 1.32 bits per heavy atom. The molecule has 0 aliphatic heterocycles. The van der Waals surface area contributed by atoms with Gasteiger partial charge in [0.1, 0.15) is 5.82 Å². The van der Waals surface area contributed by atoms with Crippen molar-refractivity contribution in [2.75, 3.05) is 0 Å². The molecule has 118 valence electrons. The number of hydrogen-bond donors (Lipinski definition) is 1. The lowest BCUT2D eigenvalue weighted by molar-refractivity contribution is -0.120. The molecule has 2 aromatic rings. The summed E-state index contributed by atoms with van der Waals surface area (Å²) in [5, 5.41) is 6.78. The molecule has 0 bridgehead atoms. The Kier molecular flexibility index (Phi) is 4.25. The van der Waals surface area contributed by atoms with Crippen molar-refractivity contribution in [2.45, 2.75) is 53.0 Å². The Morgan fingerprint density at radius 3 is 2.59 bits per heavy atom. The van der Waals surface area contributed by atoms with E-state index < -0.39 is 5.54 Å². The van der Waals surface area contributed by atoms with Crippen molar-refractivity contribution >= 4 is 5.91 Å². The number of aryl methyl sites for hydroxylation is 1. The molecule has 0 aliphatic rings. The number of amides is 1. The van der Waals surface area contributed by atoms with Gasteiger partial charge in [-0.3, -0.25) is 4.79 Å². The Bertz CT molecular complexity index is 691. The maximum absolute atomic E-state index is 11.3. The van der Waals surface area contributed by atoms with Gasteiger partial charge in [0, 0.05) is 13.1 Å². The summed E-state index contributed by atoms with van der Waals surface area (Å²) in [6, 6.07) is 0. The lowest BCUT2D eigenvalue weighted by Crippen LogP contribution is -2.40. The second-order valence-corrected chi connectivity index (χ2v) is 6.10. The molecule has 2 rings (SSSR count). The van der Waals surface area contributed by atoms with Gasteiger partial charge in [-0.25, -0.2) is 9.97 Å². The van der Waals surface area contributed by atoms with Crippen LogP contribution in [0.25, 0.3) is 11.5 Å². The largest absolute Gasteiger partial charge is 0.344 e. The third kappa shape index (κ3) is 3.29. The summed E-state index contributed by atoms with van der Waals surface area (Å²) in [5.74, 6) is 1.52. The summed E-state index contributed by atoms with van der Waals surface area (Å²) in [7, 11) is 0. The van der Waals surface area contributed by atoms with Crippen LogP contribution in [0.15, 0.2) is 10.7 Å². The fraction of sp³-hybridized carbons (Fsp3) is 0.533. The highest BCUT2D eigenvalue weighted by molar-refractivity contribution is 5.73. The topological polar surface area (TPSA) is 93.8 Å². The number of hydrogen-bond acceptors (Lipinski definition) is 6. The van der Waals surface area contributed by atoms with Gasteiger partial charge in [0.2, 0.25) is 5.91 Å². The Hall–Kier alpha value is -2.31. The second kappa shape index (κ2) is 5.82. The second-order valence-electron chi connectivity index (χ2n) is 6.10. The van der Waals surface area contributed by atoms with E-state index in [4.69, 9.17) is 4.52 Å². The first kappa shape index (κ1) is 16.1. The van der Waals surface area contributed by atoms with E-state index in [1.165, 1.54) is 6.92 Å². The van der Waals surface area contributed by atoms with Crippen LogP contribution in [0.4, 0.5) is 0 Å². The van der Waals surface area contributed by atoms with Crippen LogP contribution in [0, 0.1) is 6.92 Å². The van der Waals surface area contributed by atoms with Crippen LogP contribution in [0.1, 0.15) is 57.9 Å². The van der Waals surface area contributed by atoms with Crippen LogP contribution >= 0.6 is 0 Å². The van der Waals surface area contributed by atoms with Gasteiger partial charge < -0.3 is 9.84 Å². The maximum atomic E-state index is 11.3. The molecule has 0 saturated carbocycles. The van der Waals surface area contributed by atoms with E-state index in [9.17, 15) is 4.79 Å². The zero-order chi connectivity index (χ0) is 16.5. The van der Waals surface area contributed by atoms with Crippen LogP contribution in [0.3, 0.4) is 0 Å². The zero-order valence-electron chi connectivity index (χ0n) is 13.8. The molecule has 0 unspecified atom stereocenters. The van der Waals surface area contributed by atoms with Crippen molar-refractivity contribution in [3.63, 3.8) is 0 Å². The van der Waals surface area contributed by atoms with Gasteiger partial charge in [0.05, 0.1) is 16.8 Å². The smallest absolute Gasteiger partial charge is 0.261 e. The molecular weight excluding hydrogens is 282 g/mol. The predicted molar refractivity (Wildman–Crippen MR) is 81.0 cm³/mol. The first-order valence-corrected chi connectivity index (χ1v) is 7.17. The molecule has 0 aliphatic carbocycles. The minimum absolute atomic E-state index is 0.155. The minimum Gasteiger partial charge on any atom is -0.344 e. The Morgan fingerprint density at radius 2 is 2.00 bits per heavy atom. The molecular formula is C15H21N5O2. The lowest BCUT2D eigenvalue weighted by Gasteiger charge is -2.20. The molecule has 0 radical (unpaired) electrons. The zero-order valence-corrected chi connectivity index (χ0v) is 13.8. The number of nitrogens with zero attached hydrogens (tertiary/aromatic N) is 4. The number of rotatable bonds is 4. The minimum atomic E-state index is -0.711. The Labute approximate surface area is 129 Å². The number of carbonyl (C=O) groups excluding carboxylic acids is 1. The summed E-state index contributed by atoms with van der Waals surface area (Å²) in [4.78, 5) is 24.3. The molecule has 1 N–H and O–H groups in total. The van der Waals surface area contributed by atoms with Gasteiger partial charge in [-0.2, -0.15) is 4.98 Å². The van der Waals surface area contributed by atoms with E-state index in [1.807, 2.05) is 34.6 Å². The molecule has 7 heteroatoms. The van der Waals surface area contributed by atoms with Gasteiger partial charge in [-0.05, 0) is 26.7 Å². The molecule has 0 fully saturated rings. The van der Waals surface area contributed by atoms with E-state index in [0.29, 0.717) is 17.5 Å². The van der Waals surface area contributed by atoms with Crippen molar-refractivity contribution in [1.82, 2.24) is 25.4 Å². The fourth-order valence-corrected chi connectivity index (χ4v) is 2.18. The van der Waals surface area contributed by atoms with E-state index in [2.05, 4.69) is 25.4 Å². The first-order chi connectivity index (χ1) is 10.2. The molecule has 1 amide bonds. The van der Waals surface area contributed by atoms with Gasteiger partial charge >= 0.3 is 0 Å². The van der Waals surface area contributed by atoms with Gasteiger partial charge in [0.15, 0.2) is 5.82 Å². The summed E-state index contributed by atoms with van der Waals surface area (Å²) < 4.78 is 5.36. The van der Waals surface area contributed by atoms with Crippen molar-refractivity contribution in [3.8, 4) is 11.5 Å². The van der Waals surface area contributed by atoms with Crippen LogP contribution in [0.2, 0.25) is 0 Å². The third-order valence-electron chi connectivity index (χ3n) is 3.19. The van der Waals surface area contributed by atoms with Crippen molar-refractivity contribution in [2.24, 2.45) is 0 Å². The standard InChI is InChI=1S/C15H21N5O2/c1-8(2)12-11(7-16-9(3)17-12)13-18-14(20-22-13)15(5,6)19-10(4)21/h7-8H,1-6H3,(H,19,21). The normalized spacial score (nSPS) is 11.8. The van der Waals surface area contributed by atoms with E-state index in [0.717, 1.165) is 11.3 Å².